The maximum atomic E-state index is 12.9. The van der Waals surface area contributed by atoms with E-state index in [-0.39, 0.29) is 38.4 Å². The first-order valence-electron chi connectivity index (χ1n) is 10.00. The molecule has 0 atom stereocenters. The number of rotatable bonds is 6. The van der Waals surface area contributed by atoms with E-state index in [1.54, 1.807) is 24.3 Å². The molecule has 4 rings (SSSR count). The molecule has 0 unspecified atom stereocenters. The molecule has 1 heterocycles. The fourth-order valence-corrected chi connectivity index (χ4v) is 6.88. The number of nitrogens with one attached hydrogen (secondary N) is 1. The molecule has 0 amide bonds. The largest absolute Gasteiger partial charge is 0.412 e. The van der Waals surface area contributed by atoms with E-state index >= 15 is 0 Å². The number of carbonyl (C=O) groups is 1. The van der Waals surface area contributed by atoms with Crippen molar-refractivity contribution in [3.05, 3.63) is 87.9 Å². The van der Waals surface area contributed by atoms with Crippen LogP contribution in [0.2, 0.25) is 10.0 Å². The lowest BCUT2D eigenvalue weighted by Crippen LogP contribution is -2.38. The molecule has 0 radical (unpaired) electrons. The van der Waals surface area contributed by atoms with Crippen LogP contribution in [-0.2, 0) is 30.9 Å². The summed E-state index contributed by atoms with van der Waals surface area (Å²) in [6.07, 6.45) is 1.06. The normalized spacial score (nSPS) is 13.8. The highest BCUT2D eigenvalue weighted by atomic mass is 35.5. The minimum Gasteiger partial charge on any atom is -0.325 e. The van der Waals surface area contributed by atoms with Crippen LogP contribution in [0.25, 0.3) is 0 Å². The number of fused-ring (bicyclic) bond motifs is 1. The molecule has 12 heteroatoms. The zero-order valence-corrected chi connectivity index (χ0v) is 20.6. The number of aryl methyl sites for hydroxylation is 1. The molecule has 1 N–H and O–H groups in total. The first kappa shape index (κ1) is 24.3. The number of sulfonamides is 1. The monoisotopic (exact) mass is 540 g/mol. The van der Waals surface area contributed by atoms with Crippen molar-refractivity contribution >= 4 is 60.9 Å². The van der Waals surface area contributed by atoms with Gasteiger partial charge in [-0.25, -0.2) is 17.5 Å². The summed E-state index contributed by atoms with van der Waals surface area (Å²) < 4.78 is 59.9. The molecule has 3 aromatic carbocycles. The van der Waals surface area contributed by atoms with Gasteiger partial charge in [-0.05, 0) is 54.8 Å². The summed E-state index contributed by atoms with van der Waals surface area (Å²) in [6.45, 7) is 0.0595. The Morgan fingerprint density at radius 3 is 2.26 bits per heavy atom. The standard InChI is InChI=1S/C22H18Cl2N2O6S2/c23-18-9-4-10-19(24)21(18)33(28,29)25-17-12-11-15-8-5-13-26(20(15)14-17)34(30,31)32-22(27)16-6-2-1-3-7-16/h1-4,6-7,9-12,14,25H,5,8,13H2. The molecule has 178 valence electrons. The third kappa shape index (κ3) is 5.00. The van der Waals surface area contributed by atoms with Crippen molar-refractivity contribution in [1.29, 1.82) is 0 Å². The van der Waals surface area contributed by atoms with Gasteiger partial charge < -0.3 is 4.18 Å². The molecule has 0 spiro atoms. The molecule has 1 aliphatic heterocycles. The third-order valence-corrected chi connectivity index (χ3v) is 8.68. The second-order valence-electron chi connectivity index (χ2n) is 7.37. The lowest BCUT2D eigenvalue weighted by atomic mass is 10.0. The molecule has 1 aliphatic rings. The van der Waals surface area contributed by atoms with Crippen LogP contribution < -0.4 is 9.03 Å². The number of hydrogen-bond acceptors (Lipinski definition) is 6. The van der Waals surface area contributed by atoms with E-state index in [1.165, 1.54) is 42.5 Å². The van der Waals surface area contributed by atoms with Gasteiger partial charge in [0.1, 0.15) is 4.90 Å². The maximum Gasteiger partial charge on any atom is 0.412 e. The summed E-state index contributed by atoms with van der Waals surface area (Å²) in [5, 5.41) is -0.120. The van der Waals surface area contributed by atoms with Gasteiger partial charge in [0, 0.05) is 6.54 Å². The smallest absolute Gasteiger partial charge is 0.325 e. The number of benzene rings is 3. The Morgan fingerprint density at radius 1 is 0.912 bits per heavy atom. The average Bonchev–Trinajstić information content (AvgIpc) is 2.78. The number of halogens is 2. The summed E-state index contributed by atoms with van der Waals surface area (Å²) in [6, 6.07) is 16.5. The Kier molecular flexibility index (Phi) is 6.77. The SMILES string of the molecule is O=C(OS(=O)(=O)N1CCCc2ccc(NS(=O)(=O)c3c(Cl)cccc3Cl)cc21)c1ccccc1. The third-order valence-electron chi connectivity index (χ3n) is 5.06. The lowest BCUT2D eigenvalue weighted by Gasteiger charge is -2.29. The van der Waals surface area contributed by atoms with E-state index in [0.29, 0.717) is 18.4 Å². The molecule has 34 heavy (non-hydrogen) atoms. The maximum absolute atomic E-state index is 12.9. The first-order valence-corrected chi connectivity index (χ1v) is 13.6. The predicted octanol–water partition coefficient (Wildman–Crippen LogP) is 4.65. The molecule has 0 saturated carbocycles. The van der Waals surface area contributed by atoms with Crippen LogP contribution >= 0.6 is 23.2 Å². The highest BCUT2D eigenvalue weighted by molar-refractivity contribution is 7.93. The Hall–Kier alpha value is -2.79. The van der Waals surface area contributed by atoms with Crippen molar-refractivity contribution < 1.29 is 25.8 Å². The highest BCUT2D eigenvalue weighted by Crippen LogP contribution is 2.35. The molecular formula is C22H18Cl2N2O6S2. The molecule has 0 fully saturated rings. The zero-order valence-electron chi connectivity index (χ0n) is 17.4. The summed E-state index contributed by atoms with van der Waals surface area (Å²) in [5.74, 6) is -1.02. The van der Waals surface area contributed by atoms with Gasteiger partial charge in [-0.3, -0.25) is 4.72 Å². The topological polar surface area (TPSA) is 110 Å². The minimum atomic E-state index is -4.51. The van der Waals surface area contributed by atoms with E-state index in [0.717, 1.165) is 4.31 Å². The van der Waals surface area contributed by atoms with Crippen LogP contribution in [0.3, 0.4) is 0 Å². The number of carbonyl (C=O) groups excluding carboxylic acids is 1. The van der Waals surface area contributed by atoms with E-state index in [9.17, 15) is 21.6 Å². The average molecular weight is 541 g/mol. The summed E-state index contributed by atoms with van der Waals surface area (Å²) in [4.78, 5) is 12.1. The summed E-state index contributed by atoms with van der Waals surface area (Å²) >= 11 is 12.1. The van der Waals surface area contributed by atoms with Gasteiger partial charge in [0.15, 0.2) is 0 Å². The summed E-state index contributed by atoms with van der Waals surface area (Å²) in [7, 11) is -8.68. The van der Waals surface area contributed by atoms with Crippen molar-refractivity contribution in [3.63, 3.8) is 0 Å². The van der Waals surface area contributed by atoms with Crippen molar-refractivity contribution in [2.75, 3.05) is 15.6 Å². The Labute approximate surface area is 207 Å². The number of nitrogens with zero attached hydrogens (tertiary/aromatic N) is 1. The second-order valence-corrected chi connectivity index (χ2v) is 11.3. The fraction of sp³-hybridized carbons (Fsp3) is 0.136. The Bertz CT molecular complexity index is 1440. The minimum absolute atomic E-state index is 0.0595. The van der Waals surface area contributed by atoms with Gasteiger partial charge in [0.05, 0.1) is 27.0 Å². The quantitative estimate of drug-likeness (QED) is 0.487. The molecule has 0 aliphatic carbocycles. The Balaban J connectivity index is 1.65. The predicted molar refractivity (Wildman–Crippen MR) is 130 cm³/mol. The van der Waals surface area contributed by atoms with E-state index < -0.39 is 26.3 Å². The van der Waals surface area contributed by atoms with Crippen LogP contribution in [0.15, 0.2) is 71.6 Å². The van der Waals surface area contributed by atoms with Crippen molar-refractivity contribution in [3.8, 4) is 0 Å². The van der Waals surface area contributed by atoms with Crippen LogP contribution in [0.1, 0.15) is 22.3 Å². The lowest BCUT2D eigenvalue weighted by molar-refractivity contribution is 0.0746. The summed E-state index contributed by atoms with van der Waals surface area (Å²) in [5.41, 5.74) is 1.04. The van der Waals surface area contributed by atoms with Crippen LogP contribution in [-0.4, -0.2) is 29.3 Å². The number of anilines is 2. The molecular weight excluding hydrogens is 523 g/mol. The zero-order chi connectivity index (χ0) is 24.5. The molecule has 0 saturated heterocycles. The fourth-order valence-electron chi connectivity index (χ4n) is 3.55. The van der Waals surface area contributed by atoms with Gasteiger partial charge >= 0.3 is 16.3 Å². The molecule has 0 bridgehead atoms. The van der Waals surface area contributed by atoms with Crippen molar-refractivity contribution in [1.82, 2.24) is 0 Å². The van der Waals surface area contributed by atoms with Crippen molar-refractivity contribution in [2.45, 2.75) is 17.7 Å². The van der Waals surface area contributed by atoms with Gasteiger partial charge in [-0.1, -0.05) is 53.5 Å². The van der Waals surface area contributed by atoms with Crippen LogP contribution in [0.5, 0.6) is 0 Å². The Morgan fingerprint density at radius 2 is 1.59 bits per heavy atom. The van der Waals surface area contributed by atoms with Crippen LogP contribution in [0, 0.1) is 0 Å². The van der Waals surface area contributed by atoms with Gasteiger partial charge in [0.25, 0.3) is 10.0 Å². The molecule has 0 aromatic heterocycles. The molecule has 8 nitrogen and oxygen atoms in total. The number of hydrogen-bond donors (Lipinski definition) is 1. The second kappa shape index (κ2) is 9.46. The van der Waals surface area contributed by atoms with E-state index in [2.05, 4.69) is 4.72 Å². The van der Waals surface area contributed by atoms with E-state index in [1.807, 2.05) is 0 Å². The van der Waals surface area contributed by atoms with Gasteiger partial charge in [-0.15, -0.1) is 0 Å². The van der Waals surface area contributed by atoms with Crippen molar-refractivity contribution in [2.24, 2.45) is 0 Å². The van der Waals surface area contributed by atoms with E-state index in [4.69, 9.17) is 27.4 Å². The van der Waals surface area contributed by atoms with Crippen LogP contribution in [0.4, 0.5) is 11.4 Å². The molecule has 3 aromatic rings. The highest BCUT2D eigenvalue weighted by Gasteiger charge is 2.32. The first-order chi connectivity index (χ1) is 16.1. The van der Waals surface area contributed by atoms with Gasteiger partial charge in [-0.2, -0.15) is 8.42 Å². The van der Waals surface area contributed by atoms with Gasteiger partial charge in [0.2, 0.25) is 0 Å².